The van der Waals surface area contributed by atoms with Crippen LogP contribution in [0.5, 0.6) is 0 Å². The summed E-state index contributed by atoms with van der Waals surface area (Å²) >= 11 is 7.52. The molecule has 3 aromatic rings. The van der Waals surface area contributed by atoms with E-state index in [4.69, 9.17) is 16.3 Å². The molecule has 3 rings (SSSR count). The topological polar surface area (TPSA) is 73.2 Å². The van der Waals surface area contributed by atoms with Crippen LogP contribution in [0.3, 0.4) is 0 Å². The van der Waals surface area contributed by atoms with Crippen LogP contribution in [0.15, 0.2) is 43.0 Å². The van der Waals surface area contributed by atoms with E-state index in [1.165, 1.54) is 11.3 Å². The molecule has 0 atom stereocenters. The van der Waals surface area contributed by atoms with Crippen LogP contribution in [0, 0.1) is 6.92 Å². The number of nitrogens with zero attached hydrogens (tertiary/aromatic N) is 2. The highest BCUT2D eigenvalue weighted by atomic mass is 35.5. The summed E-state index contributed by atoms with van der Waals surface area (Å²) in [5, 5.41) is 8.64. The van der Waals surface area contributed by atoms with Gasteiger partial charge in [-0.2, -0.15) is 5.10 Å². The van der Waals surface area contributed by atoms with Crippen molar-refractivity contribution < 1.29 is 14.3 Å². The second-order valence-electron chi connectivity index (χ2n) is 5.83. The number of fused-ring (bicyclic) bond motifs is 1. The summed E-state index contributed by atoms with van der Waals surface area (Å²) in [4.78, 5) is 25.1. The molecule has 1 amide bonds. The molecule has 8 heteroatoms. The molecule has 140 valence electrons. The first-order valence-corrected chi connectivity index (χ1v) is 9.44. The highest BCUT2D eigenvalue weighted by molar-refractivity contribution is 7.20. The van der Waals surface area contributed by atoms with Crippen molar-refractivity contribution in [2.45, 2.75) is 13.5 Å². The number of esters is 1. The van der Waals surface area contributed by atoms with E-state index in [0.717, 1.165) is 21.5 Å². The third kappa shape index (κ3) is 4.37. The van der Waals surface area contributed by atoms with E-state index >= 15 is 0 Å². The molecule has 2 aromatic heterocycles. The van der Waals surface area contributed by atoms with Gasteiger partial charge in [0.1, 0.15) is 9.71 Å². The number of rotatable bonds is 7. The molecule has 27 heavy (non-hydrogen) atoms. The smallest absolute Gasteiger partial charge is 0.348 e. The first-order chi connectivity index (χ1) is 13.0. The number of aryl methyl sites for hydroxylation is 1. The standard InChI is InChI=1S/C19H18ClN3O3S/c1-3-8-21-17(24)11-26-19(25)16-9-14-12(2)22-23(18(14)27-16)10-13-6-4-5-7-15(13)20/h3-7,9H,1,8,10-11H2,2H3,(H,21,24). The van der Waals surface area contributed by atoms with Crippen LogP contribution < -0.4 is 5.32 Å². The molecule has 0 radical (unpaired) electrons. The second kappa shape index (κ2) is 8.37. The van der Waals surface area contributed by atoms with Gasteiger partial charge in [-0.25, -0.2) is 4.79 Å². The van der Waals surface area contributed by atoms with E-state index in [0.29, 0.717) is 23.0 Å². The number of carbonyl (C=O) groups is 2. The van der Waals surface area contributed by atoms with E-state index in [1.807, 2.05) is 35.9 Å². The Morgan fingerprint density at radius 2 is 2.19 bits per heavy atom. The number of aromatic nitrogens is 2. The number of hydrogen-bond donors (Lipinski definition) is 1. The van der Waals surface area contributed by atoms with Crippen molar-refractivity contribution >= 4 is 45.0 Å². The lowest BCUT2D eigenvalue weighted by molar-refractivity contribution is -0.124. The largest absolute Gasteiger partial charge is 0.451 e. The molecular weight excluding hydrogens is 386 g/mol. The highest BCUT2D eigenvalue weighted by Gasteiger charge is 2.18. The second-order valence-corrected chi connectivity index (χ2v) is 7.27. The molecule has 0 fully saturated rings. The maximum atomic E-state index is 12.3. The monoisotopic (exact) mass is 403 g/mol. The van der Waals surface area contributed by atoms with Gasteiger partial charge < -0.3 is 10.1 Å². The molecule has 0 aliphatic carbocycles. The summed E-state index contributed by atoms with van der Waals surface area (Å²) in [7, 11) is 0. The van der Waals surface area contributed by atoms with Gasteiger partial charge >= 0.3 is 5.97 Å². The Labute approximate surface area is 165 Å². The third-order valence-electron chi connectivity index (χ3n) is 3.86. The Morgan fingerprint density at radius 3 is 2.93 bits per heavy atom. The molecule has 0 unspecified atom stereocenters. The predicted molar refractivity (Wildman–Crippen MR) is 106 cm³/mol. The van der Waals surface area contributed by atoms with Crippen molar-refractivity contribution in [2.75, 3.05) is 13.2 Å². The van der Waals surface area contributed by atoms with Crippen LogP contribution in [-0.4, -0.2) is 34.8 Å². The zero-order chi connectivity index (χ0) is 19.4. The fourth-order valence-corrected chi connectivity index (χ4v) is 3.80. The van der Waals surface area contributed by atoms with Crippen LogP contribution >= 0.6 is 22.9 Å². The zero-order valence-electron chi connectivity index (χ0n) is 14.7. The highest BCUT2D eigenvalue weighted by Crippen LogP contribution is 2.30. The summed E-state index contributed by atoms with van der Waals surface area (Å²) in [6.07, 6.45) is 1.55. The lowest BCUT2D eigenvalue weighted by Gasteiger charge is -2.05. The predicted octanol–water partition coefficient (Wildman–Crippen LogP) is 3.57. The SMILES string of the molecule is C=CCNC(=O)COC(=O)c1cc2c(C)nn(Cc3ccccc3Cl)c2s1. The summed E-state index contributed by atoms with van der Waals surface area (Å²) in [5.74, 6) is -0.904. The molecule has 1 aromatic carbocycles. The van der Waals surface area contributed by atoms with Crippen molar-refractivity contribution in [3.05, 3.63) is 64.1 Å². The van der Waals surface area contributed by atoms with Crippen molar-refractivity contribution in [1.82, 2.24) is 15.1 Å². The molecule has 0 aliphatic heterocycles. The lowest BCUT2D eigenvalue weighted by Crippen LogP contribution is -2.28. The van der Waals surface area contributed by atoms with Crippen LogP contribution in [0.1, 0.15) is 20.9 Å². The molecule has 2 heterocycles. The van der Waals surface area contributed by atoms with Gasteiger partial charge in [0.25, 0.3) is 5.91 Å². The number of hydrogen-bond acceptors (Lipinski definition) is 5. The molecule has 0 bridgehead atoms. The summed E-state index contributed by atoms with van der Waals surface area (Å²) in [6, 6.07) is 9.31. The van der Waals surface area contributed by atoms with Crippen LogP contribution in [0.2, 0.25) is 5.02 Å². The van der Waals surface area contributed by atoms with Gasteiger partial charge in [-0.3, -0.25) is 9.48 Å². The van der Waals surface area contributed by atoms with E-state index in [-0.39, 0.29) is 12.5 Å². The van der Waals surface area contributed by atoms with Gasteiger partial charge in [-0.1, -0.05) is 35.9 Å². The number of halogens is 1. The van der Waals surface area contributed by atoms with Crippen molar-refractivity contribution in [3.63, 3.8) is 0 Å². The van der Waals surface area contributed by atoms with Crippen molar-refractivity contribution in [2.24, 2.45) is 0 Å². The Bertz CT molecular complexity index is 1010. The van der Waals surface area contributed by atoms with Gasteiger partial charge in [-0.15, -0.1) is 17.9 Å². The van der Waals surface area contributed by atoms with Gasteiger partial charge in [-0.05, 0) is 24.6 Å². The first-order valence-electron chi connectivity index (χ1n) is 8.24. The molecule has 0 saturated heterocycles. The fourth-order valence-electron chi connectivity index (χ4n) is 2.55. The third-order valence-corrected chi connectivity index (χ3v) is 5.36. The summed E-state index contributed by atoms with van der Waals surface area (Å²) in [5.41, 5.74) is 1.76. The molecule has 0 saturated carbocycles. The number of ether oxygens (including phenoxy) is 1. The minimum Gasteiger partial charge on any atom is -0.451 e. The lowest BCUT2D eigenvalue weighted by atomic mass is 10.2. The van der Waals surface area contributed by atoms with Crippen molar-refractivity contribution in [3.8, 4) is 0 Å². The number of thiophene rings is 1. The number of amides is 1. The van der Waals surface area contributed by atoms with Crippen LogP contribution in [-0.2, 0) is 16.1 Å². The Hall–Kier alpha value is -2.64. The maximum Gasteiger partial charge on any atom is 0.348 e. The summed E-state index contributed by atoms with van der Waals surface area (Å²) in [6.45, 7) is 5.90. The fraction of sp³-hybridized carbons (Fsp3) is 0.211. The minimum absolute atomic E-state index is 0.328. The molecule has 0 spiro atoms. The molecule has 6 nitrogen and oxygen atoms in total. The number of benzene rings is 1. The maximum absolute atomic E-state index is 12.3. The van der Waals surface area contributed by atoms with Crippen LogP contribution in [0.25, 0.3) is 10.2 Å². The molecule has 1 N–H and O–H groups in total. The molecular formula is C19H18ClN3O3S. The van der Waals surface area contributed by atoms with Gasteiger partial charge in [0, 0.05) is 17.0 Å². The van der Waals surface area contributed by atoms with E-state index in [2.05, 4.69) is 17.0 Å². The van der Waals surface area contributed by atoms with Crippen LogP contribution in [0.4, 0.5) is 0 Å². The first kappa shape index (κ1) is 19.1. The van der Waals surface area contributed by atoms with Gasteiger partial charge in [0.05, 0.1) is 12.2 Å². The Balaban J connectivity index is 1.77. The normalized spacial score (nSPS) is 10.7. The van der Waals surface area contributed by atoms with Crippen molar-refractivity contribution in [1.29, 1.82) is 0 Å². The Kier molecular flexibility index (Phi) is 5.93. The average Bonchev–Trinajstić information content (AvgIpc) is 3.21. The number of nitrogens with one attached hydrogen (secondary N) is 1. The van der Waals surface area contributed by atoms with E-state index in [9.17, 15) is 9.59 Å². The van der Waals surface area contributed by atoms with E-state index in [1.54, 1.807) is 12.1 Å². The average molecular weight is 404 g/mol. The molecule has 0 aliphatic rings. The number of carbonyl (C=O) groups excluding carboxylic acids is 2. The minimum atomic E-state index is -0.534. The van der Waals surface area contributed by atoms with Gasteiger partial charge in [0.15, 0.2) is 6.61 Å². The van der Waals surface area contributed by atoms with E-state index < -0.39 is 5.97 Å². The quantitative estimate of drug-likeness (QED) is 0.483. The zero-order valence-corrected chi connectivity index (χ0v) is 16.3. The summed E-state index contributed by atoms with van der Waals surface area (Å²) < 4.78 is 6.90. The van der Waals surface area contributed by atoms with Gasteiger partial charge in [0.2, 0.25) is 0 Å². The Morgan fingerprint density at radius 1 is 1.41 bits per heavy atom.